The van der Waals surface area contributed by atoms with Gasteiger partial charge in [-0.3, -0.25) is 0 Å². The van der Waals surface area contributed by atoms with E-state index in [1.54, 1.807) is 37.5 Å². The molecule has 0 spiro atoms. The van der Waals surface area contributed by atoms with E-state index in [2.05, 4.69) is 0 Å². The van der Waals surface area contributed by atoms with E-state index < -0.39 is 11.9 Å². The summed E-state index contributed by atoms with van der Waals surface area (Å²) in [5.74, 6) is -0.250. The molecule has 1 aromatic carbocycles. The van der Waals surface area contributed by atoms with Gasteiger partial charge in [-0.2, -0.15) is 4.84 Å². The molecular weight excluding hydrogens is 270 g/mol. The van der Waals surface area contributed by atoms with Crippen LogP contribution in [0.2, 0.25) is 0 Å². The zero-order valence-corrected chi connectivity index (χ0v) is 11.7. The van der Waals surface area contributed by atoms with Crippen LogP contribution in [0.3, 0.4) is 0 Å². The molecule has 108 valence electrons. The summed E-state index contributed by atoms with van der Waals surface area (Å²) in [5, 5.41) is 12.5. The summed E-state index contributed by atoms with van der Waals surface area (Å²) in [7, 11) is 1.59. The van der Waals surface area contributed by atoms with Gasteiger partial charge in [0.2, 0.25) is 11.6 Å². The molecule has 5 heteroatoms. The number of ether oxygens (including phenoxy) is 1. The van der Waals surface area contributed by atoms with Gasteiger partial charge in [0, 0.05) is 23.7 Å². The van der Waals surface area contributed by atoms with E-state index in [1.807, 2.05) is 6.07 Å². The van der Waals surface area contributed by atoms with Gasteiger partial charge >= 0.3 is 5.97 Å². The first kappa shape index (κ1) is 13.4. The van der Waals surface area contributed by atoms with Gasteiger partial charge in [0.25, 0.3) is 0 Å². The number of hydroxylamine groups is 1. The molecule has 1 aromatic rings. The zero-order chi connectivity index (χ0) is 14.8. The average Bonchev–Trinajstić information content (AvgIpc) is 2.83. The number of hydrogen-bond donors (Lipinski definition) is 0. The topological polar surface area (TPSA) is 61.6 Å². The van der Waals surface area contributed by atoms with Crippen LogP contribution in [0.5, 0.6) is 0 Å². The molecule has 1 aliphatic heterocycles. The molecular formula is C16H15NO4. The zero-order valence-electron chi connectivity index (χ0n) is 11.7. The molecule has 0 amide bonds. The summed E-state index contributed by atoms with van der Waals surface area (Å²) in [6.07, 6.45) is 4.12. The van der Waals surface area contributed by atoms with E-state index in [9.17, 15) is 9.90 Å². The fourth-order valence-corrected chi connectivity index (χ4v) is 2.49. The lowest BCUT2D eigenvalue weighted by Crippen LogP contribution is -2.25. The van der Waals surface area contributed by atoms with E-state index in [-0.39, 0.29) is 5.57 Å². The Kier molecular flexibility index (Phi) is 3.48. The molecule has 2 aliphatic rings. The third-order valence-electron chi connectivity index (χ3n) is 3.55. The molecule has 0 saturated carbocycles. The van der Waals surface area contributed by atoms with E-state index >= 15 is 0 Å². The molecule has 0 atom stereocenters. The van der Waals surface area contributed by atoms with Crippen molar-refractivity contribution in [2.45, 2.75) is 19.3 Å². The number of benzene rings is 1. The van der Waals surface area contributed by atoms with E-state index in [4.69, 9.17) is 9.57 Å². The minimum Gasteiger partial charge on any atom is -0.819 e. The maximum atomic E-state index is 12.5. The fraction of sp³-hybridized carbons (Fsp3) is 0.250. The second-order valence-electron chi connectivity index (χ2n) is 4.88. The number of hydrogen-bond acceptors (Lipinski definition) is 4. The SMILES string of the molecule is COC1=C/C(=[N+]2/OC(=O)C(c3ccccc3)=C2[O-])CCC1. The highest BCUT2D eigenvalue weighted by Gasteiger charge is 2.36. The number of carbonyl (C=O) groups is 1. The average molecular weight is 285 g/mol. The van der Waals surface area contributed by atoms with Crippen molar-refractivity contribution in [1.82, 2.24) is 0 Å². The molecule has 1 aliphatic carbocycles. The highest BCUT2D eigenvalue weighted by Crippen LogP contribution is 2.26. The number of methoxy groups -OCH3 is 1. The Morgan fingerprint density at radius 2 is 2.00 bits per heavy atom. The molecule has 0 radical (unpaired) electrons. The molecule has 0 bridgehead atoms. The molecule has 3 rings (SSSR count). The summed E-state index contributed by atoms with van der Waals surface area (Å²) in [6.45, 7) is 0. The van der Waals surface area contributed by atoms with Crippen molar-refractivity contribution in [3.63, 3.8) is 0 Å². The van der Waals surface area contributed by atoms with Crippen molar-refractivity contribution in [3.8, 4) is 0 Å². The van der Waals surface area contributed by atoms with Crippen LogP contribution in [-0.4, -0.2) is 23.5 Å². The molecule has 0 unspecified atom stereocenters. The van der Waals surface area contributed by atoms with Crippen molar-refractivity contribution >= 4 is 17.3 Å². The summed E-state index contributed by atoms with van der Waals surface area (Å²) in [6, 6.07) is 8.83. The van der Waals surface area contributed by atoms with Crippen LogP contribution in [0.25, 0.3) is 5.57 Å². The van der Waals surface area contributed by atoms with Crippen LogP contribution in [0, 0.1) is 0 Å². The Morgan fingerprint density at radius 3 is 2.71 bits per heavy atom. The van der Waals surface area contributed by atoms with Gasteiger partial charge in [-0.25, -0.2) is 4.79 Å². The largest absolute Gasteiger partial charge is 0.819 e. The Labute approximate surface area is 122 Å². The monoisotopic (exact) mass is 285 g/mol. The van der Waals surface area contributed by atoms with Crippen LogP contribution < -0.4 is 5.11 Å². The summed E-state index contributed by atoms with van der Waals surface area (Å²) in [4.78, 5) is 17.1. The number of carbonyl (C=O) groups excluding carboxylic acids is 1. The van der Waals surface area contributed by atoms with Crippen LogP contribution in [0.15, 0.2) is 48.1 Å². The smallest absolute Gasteiger partial charge is 0.417 e. The summed E-state index contributed by atoms with van der Waals surface area (Å²) in [5.41, 5.74) is 1.30. The second kappa shape index (κ2) is 5.44. The highest BCUT2D eigenvalue weighted by atomic mass is 16.7. The Balaban J connectivity index is 2.07. The lowest BCUT2D eigenvalue weighted by atomic mass is 10.0. The molecule has 5 nitrogen and oxygen atoms in total. The van der Waals surface area contributed by atoms with Gasteiger partial charge in [-0.05, 0) is 12.0 Å². The number of allylic oxidation sites excluding steroid dienone is 2. The van der Waals surface area contributed by atoms with Crippen LogP contribution >= 0.6 is 0 Å². The van der Waals surface area contributed by atoms with Gasteiger partial charge in [-0.1, -0.05) is 30.3 Å². The van der Waals surface area contributed by atoms with Crippen molar-refractivity contribution < 1.29 is 24.2 Å². The molecule has 0 saturated heterocycles. The van der Waals surface area contributed by atoms with Crippen molar-refractivity contribution in [1.29, 1.82) is 0 Å². The molecule has 0 aromatic heterocycles. The maximum Gasteiger partial charge on any atom is 0.417 e. The van der Waals surface area contributed by atoms with Crippen LogP contribution in [0.1, 0.15) is 24.8 Å². The highest BCUT2D eigenvalue weighted by molar-refractivity contribution is 6.17. The molecule has 0 fully saturated rings. The Bertz CT molecular complexity index is 671. The summed E-state index contributed by atoms with van der Waals surface area (Å²) < 4.78 is 6.30. The van der Waals surface area contributed by atoms with Crippen LogP contribution in [-0.2, 0) is 14.4 Å². The molecule has 21 heavy (non-hydrogen) atoms. The molecule has 0 N–H and O–H groups in total. The van der Waals surface area contributed by atoms with E-state index in [0.717, 1.165) is 23.3 Å². The van der Waals surface area contributed by atoms with E-state index in [0.29, 0.717) is 17.7 Å². The Morgan fingerprint density at radius 1 is 1.24 bits per heavy atom. The second-order valence-corrected chi connectivity index (χ2v) is 4.88. The summed E-state index contributed by atoms with van der Waals surface area (Å²) >= 11 is 0. The van der Waals surface area contributed by atoms with Crippen LogP contribution in [0.4, 0.5) is 0 Å². The minimum absolute atomic E-state index is 0.0704. The van der Waals surface area contributed by atoms with Gasteiger partial charge in [-0.15, -0.1) is 0 Å². The van der Waals surface area contributed by atoms with Gasteiger partial charge < -0.3 is 9.84 Å². The first-order chi connectivity index (χ1) is 10.2. The third-order valence-corrected chi connectivity index (χ3v) is 3.55. The van der Waals surface area contributed by atoms with Gasteiger partial charge in [0.1, 0.15) is 11.3 Å². The fourth-order valence-electron chi connectivity index (χ4n) is 2.49. The first-order valence-electron chi connectivity index (χ1n) is 6.80. The van der Waals surface area contributed by atoms with Gasteiger partial charge in [0.05, 0.1) is 7.11 Å². The number of rotatable bonds is 2. The molecule has 1 heterocycles. The minimum atomic E-state index is -0.614. The predicted molar refractivity (Wildman–Crippen MR) is 73.7 cm³/mol. The van der Waals surface area contributed by atoms with E-state index in [1.165, 1.54) is 0 Å². The lowest BCUT2D eigenvalue weighted by Gasteiger charge is -2.11. The first-order valence-corrected chi connectivity index (χ1v) is 6.80. The van der Waals surface area contributed by atoms with Crippen molar-refractivity contribution in [2.75, 3.05) is 7.11 Å². The van der Waals surface area contributed by atoms with Gasteiger partial charge in [0.15, 0.2) is 0 Å². The quantitative estimate of drug-likeness (QED) is 0.608. The van der Waals surface area contributed by atoms with Crippen molar-refractivity contribution in [2.24, 2.45) is 0 Å². The Hall–Kier alpha value is -2.56. The standard InChI is InChI=1S/C16H15NO4/c1-20-13-9-5-8-12(10-13)17-15(18)14(16(19)21-17)11-6-3-2-4-7-11/h2-4,6-7,10H,5,8-9H2,1H3/b17-12+. The number of nitrogens with zero attached hydrogens (tertiary/aromatic N) is 1. The third kappa shape index (κ3) is 2.42. The predicted octanol–water partition coefficient (Wildman–Crippen LogP) is 1.35. The normalized spacial score (nSPS) is 22.1. The lowest BCUT2D eigenvalue weighted by molar-refractivity contribution is -0.773. The van der Waals surface area contributed by atoms with Crippen molar-refractivity contribution in [3.05, 3.63) is 53.6 Å². The maximum absolute atomic E-state index is 12.5.